The minimum absolute atomic E-state index is 0.0481. The maximum Gasteiger partial charge on any atom is 0.405 e. The molecule has 0 saturated heterocycles. The Morgan fingerprint density at radius 2 is 1.73 bits per heavy atom. The van der Waals surface area contributed by atoms with Crippen LogP contribution in [0.1, 0.15) is 112 Å². The van der Waals surface area contributed by atoms with Gasteiger partial charge in [-0.1, -0.05) is 69.4 Å². The van der Waals surface area contributed by atoms with Crippen LogP contribution >= 0.6 is 0 Å². The van der Waals surface area contributed by atoms with Crippen molar-refractivity contribution >= 4 is 29.4 Å². The van der Waals surface area contributed by atoms with Crippen LogP contribution in [-0.2, 0) is 33.4 Å². The molecule has 5 aliphatic carbocycles. The first-order valence-corrected chi connectivity index (χ1v) is 23.0. The van der Waals surface area contributed by atoms with Gasteiger partial charge in [-0.05, 0) is 112 Å². The molecule has 348 valence electrons. The standard InChI is InChI=1S/C51H69N3O10/c1-29-24-36-43(53-23-10-9-19-51(61)22-18-38-35-15-14-33-27-34(55)16-20-49(33,5)37(35)17-21-50(38,51)6)40(56)28-39(45(36)58)54-47(59)30(2)12-11-13-41(62-7)46(64-48(52)60)32(4)26-31(3)44(57)42(25-29)63-8/h11-13,26-29,31,35,37-38,41-42,44,46,53,57,61H,10,14-18,20-25H2,1-8H3,(H2,52,60)(H,54,59)/b13-11-,30-12+,32-26+/t29-,31+,35-,37+,38+,41?,42+,44-,46+,49+,50+,51+/m1/s1. The number of hydrogen-bond donors (Lipinski definition) is 5. The first kappa shape index (κ1) is 48.8. The third-order valence-corrected chi connectivity index (χ3v) is 15.8. The van der Waals surface area contributed by atoms with Crippen LogP contribution in [0.3, 0.4) is 0 Å². The number of primary amides is 1. The fourth-order valence-corrected chi connectivity index (χ4v) is 12.0. The molecule has 1 aliphatic heterocycles. The number of carbonyl (C=O) groups excluding carboxylic acids is 5. The number of Topliss-reactive ketones (excluding diaryl/α,β-unsaturated/α-hetero) is 1. The van der Waals surface area contributed by atoms with E-state index < -0.39 is 59.5 Å². The van der Waals surface area contributed by atoms with Crippen LogP contribution in [0, 0.1) is 52.3 Å². The number of nitrogens with two attached hydrogens (primary N) is 1. The SMILES string of the molecule is COC1/C=C\C=C(/C)C(=O)NC2=CC(=O)C(NCCC#C[C@]3(O)CC[C@H]4[C@@H]5CCC6=CC(=O)CC[C@]6(C)[C@H]5CC[C@@]43C)=C(C[C@@H](C)C[C@H](OC)[C@H](O)[C@@H](C)/C=C(\C)[C@@H]1OC(N)=O)C2=O. The van der Waals surface area contributed by atoms with Crippen LogP contribution < -0.4 is 16.4 Å². The second-order valence-corrected chi connectivity index (χ2v) is 19.7. The van der Waals surface area contributed by atoms with E-state index in [0.29, 0.717) is 49.0 Å². The lowest BCUT2D eigenvalue weighted by atomic mass is 9.46. The lowest BCUT2D eigenvalue weighted by Gasteiger charge is -2.58. The molecule has 0 aromatic rings. The minimum atomic E-state index is -1.15. The third-order valence-electron chi connectivity index (χ3n) is 15.8. The van der Waals surface area contributed by atoms with E-state index in [1.54, 1.807) is 32.1 Å². The van der Waals surface area contributed by atoms with E-state index in [-0.39, 0.29) is 58.0 Å². The van der Waals surface area contributed by atoms with Gasteiger partial charge in [0.15, 0.2) is 11.9 Å². The summed E-state index contributed by atoms with van der Waals surface area (Å²) in [4.78, 5) is 65.7. The molecule has 0 aromatic heterocycles. The molecule has 13 heteroatoms. The molecular weight excluding hydrogens is 815 g/mol. The van der Waals surface area contributed by atoms with Gasteiger partial charge in [-0.2, -0.15) is 0 Å². The van der Waals surface area contributed by atoms with Crippen LogP contribution in [0.2, 0.25) is 0 Å². The summed E-state index contributed by atoms with van der Waals surface area (Å²) in [6, 6.07) is 0. The first-order chi connectivity index (χ1) is 30.3. The largest absolute Gasteiger partial charge is 0.439 e. The van der Waals surface area contributed by atoms with E-state index in [9.17, 15) is 34.2 Å². The number of aliphatic hydroxyl groups excluding tert-OH is 1. The highest BCUT2D eigenvalue weighted by molar-refractivity contribution is 6.23. The number of rotatable bonds is 6. The number of aliphatic hydroxyl groups is 2. The smallest absolute Gasteiger partial charge is 0.405 e. The van der Waals surface area contributed by atoms with E-state index in [0.717, 1.165) is 44.6 Å². The maximum absolute atomic E-state index is 14.2. The summed E-state index contributed by atoms with van der Waals surface area (Å²) in [6.45, 7) is 11.8. The molecular formula is C51H69N3O10. The van der Waals surface area contributed by atoms with Crippen molar-refractivity contribution in [3.63, 3.8) is 0 Å². The zero-order valence-corrected chi connectivity index (χ0v) is 38.9. The summed E-state index contributed by atoms with van der Waals surface area (Å²) in [5.41, 5.74) is 6.27. The number of methoxy groups -OCH3 is 2. The molecule has 3 saturated carbocycles. The van der Waals surface area contributed by atoms with E-state index in [4.69, 9.17) is 19.9 Å². The fourth-order valence-electron chi connectivity index (χ4n) is 12.0. The summed E-state index contributed by atoms with van der Waals surface area (Å²) in [6.07, 6.45) is 12.7. The van der Waals surface area contributed by atoms with Gasteiger partial charge in [0.05, 0.1) is 23.6 Å². The van der Waals surface area contributed by atoms with Crippen molar-refractivity contribution in [2.24, 2.45) is 46.2 Å². The van der Waals surface area contributed by atoms with E-state index in [2.05, 4.69) is 36.3 Å². The molecule has 6 rings (SSSR count). The maximum atomic E-state index is 14.2. The van der Waals surface area contributed by atoms with Crippen molar-refractivity contribution in [1.29, 1.82) is 0 Å². The molecule has 6 aliphatic rings. The minimum Gasteiger partial charge on any atom is -0.439 e. The van der Waals surface area contributed by atoms with Gasteiger partial charge in [-0.15, -0.1) is 0 Å². The molecule has 64 heavy (non-hydrogen) atoms. The normalized spacial score (nSPS) is 39.5. The second kappa shape index (κ2) is 19.9. The number of allylic oxidation sites excluding steroid dienone is 5. The highest BCUT2D eigenvalue weighted by Crippen LogP contribution is 2.67. The number of amides is 2. The summed E-state index contributed by atoms with van der Waals surface area (Å²) in [5, 5.41) is 29.6. The summed E-state index contributed by atoms with van der Waals surface area (Å²) in [7, 11) is 2.93. The number of ether oxygens (including phenoxy) is 3. The highest BCUT2D eigenvalue weighted by atomic mass is 16.6. The predicted molar refractivity (Wildman–Crippen MR) is 242 cm³/mol. The molecule has 1 heterocycles. The van der Waals surface area contributed by atoms with Crippen LogP contribution in [0.5, 0.6) is 0 Å². The Morgan fingerprint density at radius 3 is 2.44 bits per heavy atom. The molecule has 2 bridgehead atoms. The van der Waals surface area contributed by atoms with Crippen molar-refractivity contribution in [3.05, 3.63) is 70.1 Å². The molecule has 12 atom stereocenters. The van der Waals surface area contributed by atoms with Crippen molar-refractivity contribution < 1.29 is 48.4 Å². The Hall–Kier alpha value is -4.61. The lowest BCUT2D eigenvalue weighted by molar-refractivity contribution is -0.120. The van der Waals surface area contributed by atoms with Gasteiger partial charge in [0, 0.05) is 62.2 Å². The van der Waals surface area contributed by atoms with Crippen LogP contribution in [0.15, 0.2) is 70.1 Å². The number of nitrogens with one attached hydrogen (secondary N) is 2. The van der Waals surface area contributed by atoms with Gasteiger partial charge in [0.1, 0.15) is 11.7 Å². The monoisotopic (exact) mass is 883 g/mol. The third kappa shape index (κ3) is 9.81. The van der Waals surface area contributed by atoms with Gasteiger partial charge < -0.3 is 40.8 Å². The van der Waals surface area contributed by atoms with Crippen molar-refractivity contribution in [2.75, 3.05) is 20.8 Å². The van der Waals surface area contributed by atoms with Gasteiger partial charge >= 0.3 is 6.09 Å². The molecule has 3 fully saturated rings. The topological polar surface area (TPSA) is 204 Å². The quantitative estimate of drug-likeness (QED) is 0.0905. The van der Waals surface area contributed by atoms with Crippen molar-refractivity contribution in [2.45, 2.75) is 142 Å². The van der Waals surface area contributed by atoms with Crippen LogP contribution in [0.25, 0.3) is 0 Å². The van der Waals surface area contributed by atoms with Gasteiger partial charge in [-0.3, -0.25) is 19.2 Å². The van der Waals surface area contributed by atoms with Crippen molar-refractivity contribution in [1.82, 2.24) is 10.6 Å². The molecule has 0 spiro atoms. The molecule has 1 unspecified atom stereocenters. The summed E-state index contributed by atoms with van der Waals surface area (Å²) < 4.78 is 16.8. The number of carbonyl (C=O) groups is 5. The van der Waals surface area contributed by atoms with E-state index in [1.807, 2.05) is 19.9 Å². The molecule has 2 amide bonds. The molecule has 0 radical (unpaired) electrons. The van der Waals surface area contributed by atoms with E-state index in [1.165, 1.54) is 25.9 Å². The second-order valence-electron chi connectivity index (χ2n) is 19.7. The lowest BCUT2D eigenvalue weighted by Crippen LogP contribution is -2.54. The van der Waals surface area contributed by atoms with E-state index >= 15 is 0 Å². The Labute approximate surface area is 378 Å². The van der Waals surface area contributed by atoms with Gasteiger partial charge in [0.25, 0.3) is 5.91 Å². The van der Waals surface area contributed by atoms with Crippen LogP contribution in [0.4, 0.5) is 4.79 Å². The number of hydrogen-bond acceptors (Lipinski definition) is 11. The Bertz CT molecular complexity index is 2140. The molecule has 0 aromatic carbocycles. The number of ketones is 3. The molecule has 6 N–H and O–H groups in total. The Kier molecular flexibility index (Phi) is 15.2. The zero-order chi connectivity index (χ0) is 46.7. The average Bonchev–Trinajstić information content (AvgIpc) is 3.52. The Balaban J connectivity index is 1.21. The van der Waals surface area contributed by atoms with Gasteiger partial charge in [-0.25, -0.2) is 4.79 Å². The fraction of sp³-hybridized carbons (Fsp3) is 0.627. The first-order valence-electron chi connectivity index (χ1n) is 23.0. The average molecular weight is 884 g/mol. The van der Waals surface area contributed by atoms with Gasteiger partial charge in [0.2, 0.25) is 11.6 Å². The predicted octanol–water partition coefficient (Wildman–Crippen LogP) is 6.01. The Morgan fingerprint density at radius 1 is 1.00 bits per heavy atom. The number of fused-ring (bicyclic) bond motifs is 7. The van der Waals surface area contributed by atoms with Crippen molar-refractivity contribution in [3.8, 4) is 11.8 Å². The highest BCUT2D eigenvalue weighted by Gasteiger charge is 2.63. The summed E-state index contributed by atoms with van der Waals surface area (Å²) >= 11 is 0. The summed E-state index contributed by atoms with van der Waals surface area (Å²) in [5.74, 6) is 5.78. The zero-order valence-electron chi connectivity index (χ0n) is 38.9. The molecule has 13 nitrogen and oxygen atoms in total. The van der Waals surface area contributed by atoms with Crippen LogP contribution in [-0.4, -0.2) is 90.3 Å².